The smallest absolute Gasteiger partial charge is 0.306 e. The zero-order valence-corrected chi connectivity index (χ0v) is 40.0. The Morgan fingerprint density at radius 2 is 0.571 bits per heavy atom. The molecule has 0 aromatic rings. The second-order valence-electron chi connectivity index (χ2n) is 15.6. The molecule has 0 heterocycles. The van der Waals surface area contributed by atoms with E-state index in [2.05, 4.69) is 154 Å². The molecule has 0 bridgehead atoms. The van der Waals surface area contributed by atoms with Gasteiger partial charge in [-0.05, 0) is 128 Å². The zero-order valence-electron chi connectivity index (χ0n) is 40.0. The highest BCUT2D eigenvalue weighted by Gasteiger charge is 2.19. The molecule has 0 saturated heterocycles. The Morgan fingerprint density at radius 3 is 0.921 bits per heavy atom. The van der Waals surface area contributed by atoms with Crippen LogP contribution in [0.4, 0.5) is 0 Å². The minimum atomic E-state index is -0.825. The molecule has 6 heteroatoms. The molecule has 6 nitrogen and oxygen atoms in total. The molecule has 63 heavy (non-hydrogen) atoms. The monoisotopic (exact) mass is 869 g/mol. The quantitative estimate of drug-likeness (QED) is 0.0263. The van der Waals surface area contributed by atoms with Crippen molar-refractivity contribution in [1.82, 2.24) is 0 Å². The van der Waals surface area contributed by atoms with Crippen LogP contribution < -0.4 is 0 Å². The van der Waals surface area contributed by atoms with E-state index in [0.29, 0.717) is 12.8 Å². The third-order valence-electron chi connectivity index (χ3n) is 9.63. The normalized spacial score (nSPS) is 12.8. The van der Waals surface area contributed by atoms with Gasteiger partial charge in [0.25, 0.3) is 0 Å². The lowest BCUT2D eigenvalue weighted by atomic mass is 10.1. The molecular weight excluding hydrogens is 781 g/mol. The standard InChI is InChI=1S/C57H88O6/c1-4-7-10-13-16-19-22-25-28-31-34-37-40-43-46-49-55(58)61-52-54(63-57(60)51-48-45-42-39-36-33-30-27-24-21-18-15-12-9-6-3)53-62-56(59)50-47-44-41-38-35-32-29-26-23-20-17-14-11-8-5-2/h7-12,16-21,25-30,34-35,37-38,54H,4-6,13-15,22-24,31-33,36,39-53H2,1-3H3/b10-7-,11-8-,12-9-,19-16-,20-17-,21-18-,28-25-,29-26-,30-27-,37-34-,38-35-. The Balaban J connectivity index is 4.59. The van der Waals surface area contributed by atoms with E-state index in [4.69, 9.17) is 14.2 Å². The number of hydrogen-bond donors (Lipinski definition) is 0. The van der Waals surface area contributed by atoms with Crippen molar-refractivity contribution >= 4 is 17.9 Å². The lowest BCUT2D eigenvalue weighted by molar-refractivity contribution is -0.167. The summed E-state index contributed by atoms with van der Waals surface area (Å²) in [6, 6.07) is 0. The fourth-order valence-corrected chi connectivity index (χ4v) is 6.02. The van der Waals surface area contributed by atoms with Crippen LogP contribution in [0.2, 0.25) is 0 Å². The number of ether oxygens (including phenoxy) is 3. The van der Waals surface area contributed by atoms with E-state index in [1.165, 1.54) is 0 Å². The topological polar surface area (TPSA) is 78.9 Å². The van der Waals surface area contributed by atoms with Crippen LogP contribution in [-0.2, 0) is 28.6 Å². The fourth-order valence-electron chi connectivity index (χ4n) is 6.02. The number of unbranched alkanes of at least 4 members (excludes halogenated alkanes) is 9. The van der Waals surface area contributed by atoms with Crippen molar-refractivity contribution in [2.24, 2.45) is 0 Å². The zero-order chi connectivity index (χ0) is 45.8. The van der Waals surface area contributed by atoms with Crippen LogP contribution in [0.5, 0.6) is 0 Å². The summed E-state index contributed by atoms with van der Waals surface area (Å²) in [5, 5.41) is 0. The molecule has 0 N–H and O–H groups in total. The summed E-state index contributed by atoms with van der Waals surface area (Å²) in [5.41, 5.74) is 0. The summed E-state index contributed by atoms with van der Waals surface area (Å²) in [7, 11) is 0. The van der Waals surface area contributed by atoms with Gasteiger partial charge in [-0.1, -0.05) is 174 Å². The molecule has 0 aromatic carbocycles. The van der Waals surface area contributed by atoms with Crippen LogP contribution in [0.1, 0.15) is 188 Å². The molecular formula is C57H88O6. The number of esters is 3. The molecule has 0 amide bonds. The second kappa shape index (κ2) is 50.2. The van der Waals surface area contributed by atoms with Crippen molar-refractivity contribution < 1.29 is 28.6 Å². The van der Waals surface area contributed by atoms with Crippen molar-refractivity contribution in [3.8, 4) is 0 Å². The Morgan fingerprint density at radius 1 is 0.317 bits per heavy atom. The average Bonchev–Trinajstić information content (AvgIpc) is 3.28. The lowest BCUT2D eigenvalue weighted by Crippen LogP contribution is -2.30. The summed E-state index contributed by atoms with van der Waals surface area (Å²) in [5.74, 6) is -1.03. The van der Waals surface area contributed by atoms with Crippen molar-refractivity contribution in [3.63, 3.8) is 0 Å². The third kappa shape index (κ3) is 48.4. The van der Waals surface area contributed by atoms with Crippen molar-refractivity contribution in [3.05, 3.63) is 134 Å². The van der Waals surface area contributed by atoms with E-state index in [1.807, 2.05) is 0 Å². The molecule has 0 aliphatic heterocycles. The molecule has 0 aromatic heterocycles. The second-order valence-corrected chi connectivity index (χ2v) is 15.6. The highest BCUT2D eigenvalue weighted by molar-refractivity contribution is 5.71. The minimum absolute atomic E-state index is 0.125. The minimum Gasteiger partial charge on any atom is -0.462 e. The van der Waals surface area contributed by atoms with Gasteiger partial charge in [0.05, 0.1) is 0 Å². The van der Waals surface area contributed by atoms with Crippen molar-refractivity contribution in [2.45, 2.75) is 194 Å². The Kier molecular flexibility index (Phi) is 46.7. The third-order valence-corrected chi connectivity index (χ3v) is 9.63. The first-order chi connectivity index (χ1) is 31.0. The van der Waals surface area contributed by atoms with Gasteiger partial charge in [-0.25, -0.2) is 0 Å². The van der Waals surface area contributed by atoms with E-state index in [1.54, 1.807) is 0 Å². The van der Waals surface area contributed by atoms with E-state index in [-0.39, 0.29) is 50.4 Å². The maximum Gasteiger partial charge on any atom is 0.306 e. The van der Waals surface area contributed by atoms with Crippen LogP contribution in [0.25, 0.3) is 0 Å². The molecule has 0 rings (SSSR count). The van der Waals surface area contributed by atoms with Gasteiger partial charge >= 0.3 is 17.9 Å². The summed E-state index contributed by atoms with van der Waals surface area (Å²) in [6.07, 6.45) is 70.1. The molecule has 0 spiro atoms. The first-order valence-electron chi connectivity index (χ1n) is 24.7. The predicted octanol–water partition coefficient (Wildman–Crippen LogP) is 16.3. The van der Waals surface area contributed by atoms with Crippen molar-refractivity contribution in [1.29, 1.82) is 0 Å². The maximum absolute atomic E-state index is 12.8. The number of allylic oxidation sites excluding steroid dienone is 22. The first-order valence-corrected chi connectivity index (χ1v) is 24.7. The largest absolute Gasteiger partial charge is 0.462 e. The van der Waals surface area contributed by atoms with Gasteiger partial charge in [0.1, 0.15) is 13.2 Å². The van der Waals surface area contributed by atoms with Gasteiger partial charge < -0.3 is 14.2 Å². The highest BCUT2D eigenvalue weighted by atomic mass is 16.6. The molecule has 0 saturated carbocycles. The predicted molar refractivity (Wildman–Crippen MR) is 269 cm³/mol. The van der Waals surface area contributed by atoms with Crippen LogP contribution in [0, 0.1) is 0 Å². The molecule has 0 atom stereocenters. The highest BCUT2D eigenvalue weighted by Crippen LogP contribution is 2.11. The van der Waals surface area contributed by atoms with Gasteiger partial charge in [0, 0.05) is 19.3 Å². The Bertz CT molecular complexity index is 1340. The van der Waals surface area contributed by atoms with Crippen LogP contribution in [0.15, 0.2) is 134 Å². The number of rotatable bonds is 42. The fraction of sp³-hybridized carbons (Fsp3) is 0.561. The molecule has 0 aliphatic carbocycles. The molecule has 0 radical (unpaired) electrons. The molecule has 0 fully saturated rings. The summed E-state index contributed by atoms with van der Waals surface area (Å²) >= 11 is 0. The van der Waals surface area contributed by atoms with Gasteiger partial charge in [-0.2, -0.15) is 0 Å². The number of hydrogen-bond acceptors (Lipinski definition) is 6. The van der Waals surface area contributed by atoms with Gasteiger partial charge in [-0.15, -0.1) is 0 Å². The Labute approximate surface area is 385 Å². The average molecular weight is 869 g/mol. The number of carbonyl (C=O) groups is 3. The van der Waals surface area contributed by atoms with Crippen molar-refractivity contribution in [2.75, 3.05) is 13.2 Å². The maximum atomic E-state index is 12.8. The van der Waals surface area contributed by atoms with E-state index in [9.17, 15) is 14.4 Å². The first kappa shape index (κ1) is 58.6. The van der Waals surface area contributed by atoms with Crippen LogP contribution >= 0.6 is 0 Å². The van der Waals surface area contributed by atoms with E-state index >= 15 is 0 Å². The van der Waals surface area contributed by atoms with Crippen LogP contribution in [-0.4, -0.2) is 37.2 Å². The van der Waals surface area contributed by atoms with Gasteiger partial charge in [0.15, 0.2) is 6.10 Å². The summed E-state index contributed by atoms with van der Waals surface area (Å²) in [4.78, 5) is 37.9. The van der Waals surface area contributed by atoms with Crippen LogP contribution in [0.3, 0.4) is 0 Å². The van der Waals surface area contributed by atoms with E-state index < -0.39 is 6.10 Å². The van der Waals surface area contributed by atoms with E-state index in [0.717, 1.165) is 135 Å². The van der Waals surface area contributed by atoms with Gasteiger partial charge in [-0.3, -0.25) is 14.4 Å². The molecule has 0 unspecified atom stereocenters. The lowest BCUT2D eigenvalue weighted by Gasteiger charge is -2.18. The molecule has 0 aliphatic rings. The summed E-state index contributed by atoms with van der Waals surface area (Å²) < 4.78 is 16.7. The Hall–Kier alpha value is -4.45. The number of carbonyl (C=O) groups excluding carboxylic acids is 3. The molecule has 352 valence electrons. The SMILES string of the molecule is CC/C=C\C/C=C\C/C=C\C/C=C\CCCCC(=O)OCC(COC(=O)CCCC/C=C\C/C=C\C/C=C\C/C=C\CC)OC(=O)CCCCCCC/C=C\C/C=C\C/C=C\CC. The van der Waals surface area contributed by atoms with Gasteiger partial charge in [0.2, 0.25) is 0 Å². The summed E-state index contributed by atoms with van der Waals surface area (Å²) in [6.45, 7) is 6.18.